The van der Waals surface area contributed by atoms with Crippen LogP contribution < -0.4 is 0 Å². The van der Waals surface area contributed by atoms with Gasteiger partial charge in [0.1, 0.15) is 11.9 Å². The van der Waals surface area contributed by atoms with Gasteiger partial charge in [0.15, 0.2) is 0 Å². The first-order valence-electron chi connectivity index (χ1n) is 5.04. The highest BCUT2D eigenvalue weighted by atomic mass is 19.1. The number of β-amino-alcohol motifs (C(OH)–C–C–N with tert-alkyl or cyclic N) is 1. The predicted molar refractivity (Wildman–Crippen MR) is 52.2 cm³/mol. The van der Waals surface area contributed by atoms with Crippen molar-refractivity contribution in [3.63, 3.8) is 0 Å². The molecular formula is C10H15FN2O2. The molecule has 1 aliphatic rings. The summed E-state index contributed by atoms with van der Waals surface area (Å²) < 4.78 is 18.1. The molecule has 0 saturated carbocycles. The maximum atomic E-state index is 13.1. The number of aryl methyl sites for hydroxylation is 2. The third kappa shape index (κ3) is 2.03. The zero-order chi connectivity index (χ0) is 11.0. The van der Waals surface area contributed by atoms with Crippen LogP contribution in [0.1, 0.15) is 17.0 Å². The van der Waals surface area contributed by atoms with Gasteiger partial charge in [-0.25, -0.2) is 4.39 Å². The summed E-state index contributed by atoms with van der Waals surface area (Å²) in [5, 5.41) is 13.1. The van der Waals surface area contributed by atoms with Gasteiger partial charge in [0.2, 0.25) is 0 Å². The highest BCUT2D eigenvalue weighted by molar-refractivity contribution is 5.20. The molecule has 2 atom stereocenters. The van der Waals surface area contributed by atoms with Crippen molar-refractivity contribution in [2.24, 2.45) is 0 Å². The van der Waals surface area contributed by atoms with Crippen LogP contribution in [0.2, 0.25) is 0 Å². The predicted octanol–water partition coefficient (Wildman–Crippen LogP) is 0.806. The van der Waals surface area contributed by atoms with Gasteiger partial charge >= 0.3 is 0 Å². The van der Waals surface area contributed by atoms with Crippen molar-refractivity contribution in [2.45, 2.75) is 32.7 Å². The number of halogens is 1. The smallest absolute Gasteiger partial charge is 0.140 e. The Morgan fingerprint density at radius 1 is 1.53 bits per heavy atom. The first-order chi connectivity index (χ1) is 7.08. The van der Waals surface area contributed by atoms with E-state index in [4.69, 9.17) is 4.52 Å². The lowest BCUT2D eigenvalue weighted by Gasteiger charge is -2.13. The molecule has 0 aromatic carbocycles. The lowest BCUT2D eigenvalue weighted by Crippen LogP contribution is -2.22. The van der Waals surface area contributed by atoms with E-state index in [0.717, 1.165) is 17.0 Å². The maximum absolute atomic E-state index is 13.1. The van der Waals surface area contributed by atoms with Gasteiger partial charge in [0.05, 0.1) is 11.8 Å². The second-order valence-electron chi connectivity index (χ2n) is 4.08. The topological polar surface area (TPSA) is 49.5 Å². The monoisotopic (exact) mass is 214 g/mol. The highest BCUT2D eigenvalue weighted by Crippen LogP contribution is 2.20. The van der Waals surface area contributed by atoms with Gasteiger partial charge in [-0.05, 0) is 13.8 Å². The van der Waals surface area contributed by atoms with Crippen LogP contribution in [0.4, 0.5) is 4.39 Å². The number of rotatable bonds is 2. The number of likely N-dealkylation sites (tertiary alicyclic amines) is 1. The van der Waals surface area contributed by atoms with E-state index in [1.165, 1.54) is 0 Å². The molecule has 0 spiro atoms. The molecule has 1 aromatic heterocycles. The molecule has 1 fully saturated rings. The minimum Gasteiger partial charge on any atom is -0.389 e. The van der Waals surface area contributed by atoms with Crippen LogP contribution in [0, 0.1) is 13.8 Å². The number of alkyl halides is 1. The normalized spacial score (nSPS) is 27.5. The average Bonchev–Trinajstić information content (AvgIpc) is 2.64. The summed E-state index contributed by atoms with van der Waals surface area (Å²) in [5.41, 5.74) is 1.83. The largest absolute Gasteiger partial charge is 0.389 e. The Hall–Kier alpha value is -0.940. The second kappa shape index (κ2) is 3.90. The quantitative estimate of drug-likeness (QED) is 0.791. The molecule has 0 amide bonds. The molecule has 1 aliphatic heterocycles. The molecule has 4 nitrogen and oxygen atoms in total. The summed E-state index contributed by atoms with van der Waals surface area (Å²) in [7, 11) is 0. The maximum Gasteiger partial charge on any atom is 0.140 e. The molecule has 0 radical (unpaired) electrons. The number of nitrogens with zero attached hydrogens (tertiary/aromatic N) is 2. The summed E-state index contributed by atoms with van der Waals surface area (Å²) in [5.74, 6) is 0.768. The Morgan fingerprint density at radius 2 is 2.27 bits per heavy atom. The molecule has 0 aliphatic carbocycles. The van der Waals surface area contributed by atoms with E-state index in [-0.39, 0.29) is 6.54 Å². The molecule has 5 heteroatoms. The van der Waals surface area contributed by atoms with Crippen LogP contribution in [-0.4, -0.2) is 40.5 Å². The lowest BCUT2D eigenvalue weighted by molar-refractivity contribution is 0.115. The van der Waals surface area contributed by atoms with Crippen molar-refractivity contribution < 1.29 is 14.0 Å². The first-order valence-corrected chi connectivity index (χ1v) is 5.04. The summed E-state index contributed by atoms with van der Waals surface area (Å²) in [6.45, 7) is 4.97. The minimum atomic E-state index is -1.13. The molecule has 2 heterocycles. The van der Waals surface area contributed by atoms with Crippen molar-refractivity contribution in [2.75, 3.05) is 13.1 Å². The Bertz CT molecular complexity index is 324. The minimum absolute atomic E-state index is 0.283. The third-order valence-electron chi connectivity index (χ3n) is 2.86. The summed E-state index contributed by atoms with van der Waals surface area (Å²) in [4.78, 5) is 1.88. The van der Waals surface area contributed by atoms with E-state index in [0.29, 0.717) is 13.1 Å². The third-order valence-corrected chi connectivity index (χ3v) is 2.86. The first kappa shape index (κ1) is 10.6. The van der Waals surface area contributed by atoms with E-state index in [2.05, 4.69) is 5.16 Å². The van der Waals surface area contributed by atoms with Crippen molar-refractivity contribution in [1.29, 1.82) is 0 Å². The standard InChI is InChI=1S/C10H15FN2O2/c1-6-8(7(2)15-12-6)3-13-4-9(11)10(14)5-13/h9-10,14H,3-5H2,1-2H3/t9-,10-/m1/s1. The Morgan fingerprint density at radius 3 is 2.73 bits per heavy atom. The molecule has 0 bridgehead atoms. The van der Waals surface area contributed by atoms with E-state index >= 15 is 0 Å². The zero-order valence-electron chi connectivity index (χ0n) is 8.90. The molecule has 84 valence electrons. The van der Waals surface area contributed by atoms with Gasteiger partial charge < -0.3 is 9.63 Å². The van der Waals surface area contributed by atoms with Gasteiger partial charge in [0, 0.05) is 25.2 Å². The van der Waals surface area contributed by atoms with Crippen LogP contribution in [0.5, 0.6) is 0 Å². The van der Waals surface area contributed by atoms with Crippen molar-refractivity contribution in [3.8, 4) is 0 Å². The fourth-order valence-corrected chi connectivity index (χ4v) is 1.90. The molecule has 1 saturated heterocycles. The van der Waals surface area contributed by atoms with Crippen LogP contribution >= 0.6 is 0 Å². The Labute approximate surface area is 87.7 Å². The van der Waals surface area contributed by atoms with Crippen LogP contribution in [0.3, 0.4) is 0 Å². The lowest BCUT2D eigenvalue weighted by atomic mass is 10.2. The fourth-order valence-electron chi connectivity index (χ4n) is 1.90. The van der Waals surface area contributed by atoms with Crippen LogP contribution in [-0.2, 0) is 6.54 Å². The summed E-state index contributed by atoms with van der Waals surface area (Å²) >= 11 is 0. The van der Waals surface area contributed by atoms with Gasteiger partial charge in [0.25, 0.3) is 0 Å². The van der Waals surface area contributed by atoms with Crippen molar-refractivity contribution in [3.05, 3.63) is 17.0 Å². The molecule has 15 heavy (non-hydrogen) atoms. The van der Waals surface area contributed by atoms with Crippen molar-refractivity contribution >= 4 is 0 Å². The van der Waals surface area contributed by atoms with E-state index in [1.54, 1.807) is 0 Å². The fraction of sp³-hybridized carbons (Fsp3) is 0.700. The average molecular weight is 214 g/mol. The van der Waals surface area contributed by atoms with Crippen molar-refractivity contribution in [1.82, 2.24) is 10.1 Å². The van der Waals surface area contributed by atoms with E-state index < -0.39 is 12.3 Å². The number of hydrogen-bond donors (Lipinski definition) is 1. The van der Waals surface area contributed by atoms with Gasteiger partial charge in [-0.15, -0.1) is 0 Å². The molecule has 1 N–H and O–H groups in total. The SMILES string of the molecule is Cc1noc(C)c1CN1C[C@@H](O)[C@H](F)C1. The highest BCUT2D eigenvalue weighted by Gasteiger charge is 2.31. The van der Waals surface area contributed by atoms with Crippen LogP contribution in [0.15, 0.2) is 4.52 Å². The number of aliphatic hydroxyl groups is 1. The van der Waals surface area contributed by atoms with Gasteiger partial charge in [-0.3, -0.25) is 4.90 Å². The molecular weight excluding hydrogens is 199 g/mol. The van der Waals surface area contributed by atoms with E-state index in [9.17, 15) is 9.50 Å². The van der Waals surface area contributed by atoms with E-state index in [1.807, 2.05) is 18.7 Å². The van der Waals surface area contributed by atoms with Gasteiger partial charge in [-0.1, -0.05) is 5.16 Å². The zero-order valence-corrected chi connectivity index (χ0v) is 8.90. The van der Waals surface area contributed by atoms with Gasteiger partial charge in [-0.2, -0.15) is 0 Å². The molecule has 1 aromatic rings. The molecule has 0 unspecified atom stereocenters. The Kier molecular flexibility index (Phi) is 2.75. The number of aromatic nitrogens is 1. The summed E-state index contributed by atoms with van der Waals surface area (Å²) in [6, 6.07) is 0. The second-order valence-corrected chi connectivity index (χ2v) is 4.08. The number of aliphatic hydroxyl groups excluding tert-OH is 1. The van der Waals surface area contributed by atoms with Crippen LogP contribution in [0.25, 0.3) is 0 Å². The number of hydrogen-bond acceptors (Lipinski definition) is 4. The Balaban J connectivity index is 2.04. The summed E-state index contributed by atoms with van der Waals surface area (Å²) in [6.07, 6.45) is -1.99. The molecule has 2 rings (SSSR count).